The lowest BCUT2D eigenvalue weighted by atomic mass is 10.2. The Labute approximate surface area is 175 Å². The number of nitro groups is 1. The fraction of sp³-hybridized carbons (Fsp3) is 0. The fourth-order valence-corrected chi connectivity index (χ4v) is 3.35. The van der Waals surface area contributed by atoms with E-state index in [0.717, 1.165) is 4.90 Å². The second-order valence-electron chi connectivity index (χ2n) is 5.73. The van der Waals surface area contributed by atoms with E-state index in [0.29, 0.717) is 21.2 Å². The van der Waals surface area contributed by atoms with E-state index >= 15 is 0 Å². The molecule has 2 amide bonds. The van der Waals surface area contributed by atoms with E-state index < -0.39 is 11.0 Å². The normalized spacial score (nSPS) is 10.7. The number of anilines is 1. The zero-order chi connectivity index (χ0) is 20.6. The lowest BCUT2D eigenvalue weighted by Gasteiger charge is -2.05. The van der Waals surface area contributed by atoms with Gasteiger partial charge in [-0.15, -0.1) is 0 Å². The van der Waals surface area contributed by atoms with E-state index in [1.807, 2.05) is 6.07 Å². The molecule has 9 heteroatoms. The van der Waals surface area contributed by atoms with Crippen molar-refractivity contribution in [2.24, 2.45) is 5.10 Å². The molecule has 7 nitrogen and oxygen atoms in total. The second kappa shape index (κ2) is 9.72. The molecule has 0 bridgehead atoms. The molecular formula is C20H15ClN4O3S. The molecule has 0 unspecified atom stereocenters. The minimum atomic E-state index is -0.517. The predicted octanol–water partition coefficient (Wildman–Crippen LogP) is 5.56. The van der Waals surface area contributed by atoms with Gasteiger partial charge in [-0.1, -0.05) is 47.6 Å². The maximum Gasteiger partial charge on any atom is 0.339 e. The molecule has 3 aromatic rings. The maximum absolute atomic E-state index is 11.8. The van der Waals surface area contributed by atoms with Gasteiger partial charge in [0.15, 0.2) is 0 Å². The number of carbonyl (C=O) groups excluding carboxylic acids is 1. The number of halogens is 1. The second-order valence-corrected chi connectivity index (χ2v) is 7.28. The quantitative estimate of drug-likeness (QED) is 0.306. The number of benzene rings is 3. The van der Waals surface area contributed by atoms with E-state index in [4.69, 9.17) is 11.6 Å². The van der Waals surface area contributed by atoms with Gasteiger partial charge in [0, 0.05) is 27.2 Å². The van der Waals surface area contributed by atoms with Crippen LogP contribution in [-0.2, 0) is 0 Å². The highest BCUT2D eigenvalue weighted by Crippen LogP contribution is 2.35. The summed E-state index contributed by atoms with van der Waals surface area (Å²) in [4.78, 5) is 24.1. The third-order valence-electron chi connectivity index (χ3n) is 3.63. The van der Waals surface area contributed by atoms with Crippen LogP contribution in [0.3, 0.4) is 0 Å². The van der Waals surface area contributed by atoms with Crippen molar-refractivity contribution in [3.8, 4) is 0 Å². The molecule has 0 aliphatic heterocycles. The lowest BCUT2D eigenvalue weighted by molar-refractivity contribution is -0.387. The van der Waals surface area contributed by atoms with Crippen molar-refractivity contribution < 1.29 is 9.72 Å². The first kappa shape index (κ1) is 20.4. The van der Waals surface area contributed by atoms with Gasteiger partial charge >= 0.3 is 6.03 Å². The predicted molar refractivity (Wildman–Crippen MR) is 115 cm³/mol. The number of nitrogens with one attached hydrogen (secondary N) is 2. The van der Waals surface area contributed by atoms with Crippen LogP contribution in [0.2, 0.25) is 5.02 Å². The molecule has 0 saturated heterocycles. The number of hydrogen-bond acceptors (Lipinski definition) is 5. The van der Waals surface area contributed by atoms with Crippen LogP contribution >= 0.6 is 23.4 Å². The van der Waals surface area contributed by atoms with Crippen LogP contribution in [-0.4, -0.2) is 17.2 Å². The molecule has 3 aromatic carbocycles. The molecule has 0 radical (unpaired) electrons. The molecule has 0 aromatic heterocycles. The zero-order valence-corrected chi connectivity index (χ0v) is 16.5. The standard InChI is InChI=1S/C20H15ClN4O3S/c21-15-7-9-17(10-8-15)29-19-11-6-14(12-18(19)25(27)28)13-22-24-20(26)23-16-4-2-1-3-5-16/h1-13H,(H2,23,24,26). The van der Waals surface area contributed by atoms with E-state index in [1.165, 1.54) is 24.0 Å². The summed E-state index contributed by atoms with van der Waals surface area (Å²) in [6.45, 7) is 0. The first-order valence-electron chi connectivity index (χ1n) is 8.38. The minimum Gasteiger partial charge on any atom is -0.307 e. The van der Waals surface area contributed by atoms with Crippen LogP contribution in [0.25, 0.3) is 0 Å². The Morgan fingerprint density at radius 2 is 1.79 bits per heavy atom. The number of nitrogens with zero attached hydrogens (tertiary/aromatic N) is 2. The maximum atomic E-state index is 11.8. The largest absolute Gasteiger partial charge is 0.339 e. The Balaban J connectivity index is 1.67. The van der Waals surface area contributed by atoms with Crippen molar-refractivity contribution >= 4 is 47.0 Å². The number of hydrazone groups is 1. The Morgan fingerprint density at radius 1 is 1.07 bits per heavy atom. The van der Waals surface area contributed by atoms with Crippen LogP contribution < -0.4 is 10.7 Å². The fourth-order valence-electron chi connectivity index (χ4n) is 2.32. The third-order valence-corrected chi connectivity index (χ3v) is 4.96. The number of hydrogen-bond donors (Lipinski definition) is 2. The van der Waals surface area contributed by atoms with E-state index in [9.17, 15) is 14.9 Å². The summed E-state index contributed by atoms with van der Waals surface area (Å²) < 4.78 is 0. The van der Waals surface area contributed by atoms with Crippen LogP contribution in [0.4, 0.5) is 16.2 Å². The Bertz CT molecular complexity index is 1040. The summed E-state index contributed by atoms with van der Waals surface area (Å²) in [5.74, 6) is 0. The van der Waals surface area contributed by atoms with Crippen LogP contribution in [0.5, 0.6) is 0 Å². The van der Waals surface area contributed by atoms with E-state index in [-0.39, 0.29) is 5.69 Å². The molecule has 3 rings (SSSR count). The van der Waals surface area contributed by atoms with Crippen LogP contribution in [0, 0.1) is 10.1 Å². The van der Waals surface area contributed by atoms with E-state index in [2.05, 4.69) is 15.8 Å². The molecule has 0 atom stereocenters. The average molecular weight is 427 g/mol. The molecule has 2 N–H and O–H groups in total. The number of carbonyl (C=O) groups is 1. The topological polar surface area (TPSA) is 96.6 Å². The Kier molecular flexibility index (Phi) is 6.83. The van der Waals surface area contributed by atoms with Gasteiger partial charge in [0.2, 0.25) is 0 Å². The molecular weight excluding hydrogens is 412 g/mol. The number of rotatable bonds is 6. The van der Waals surface area contributed by atoms with Gasteiger partial charge in [0.1, 0.15) is 0 Å². The van der Waals surface area contributed by atoms with Crippen molar-refractivity contribution in [3.63, 3.8) is 0 Å². The van der Waals surface area contributed by atoms with Crippen molar-refractivity contribution in [1.29, 1.82) is 0 Å². The molecule has 0 heterocycles. The number of nitro benzene ring substituents is 1. The number of para-hydroxylation sites is 1. The summed E-state index contributed by atoms with van der Waals surface area (Å²) in [7, 11) is 0. The summed E-state index contributed by atoms with van der Waals surface area (Å²) in [6.07, 6.45) is 1.34. The van der Waals surface area contributed by atoms with Gasteiger partial charge in [-0.2, -0.15) is 5.10 Å². The highest BCUT2D eigenvalue weighted by atomic mass is 35.5. The summed E-state index contributed by atoms with van der Waals surface area (Å²) in [5, 5.41) is 18.5. The van der Waals surface area contributed by atoms with Gasteiger partial charge in [-0.25, -0.2) is 10.2 Å². The van der Waals surface area contributed by atoms with Crippen molar-refractivity contribution in [2.75, 3.05) is 5.32 Å². The third kappa shape index (κ3) is 6.06. The minimum absolute atomic E-state index is 0.0531. The number of urea groups is 1. The summed E-state index contributed by atoms with van der Waals surface area (Å²) in [6, 6.07) is 20.2. The van der Waals surface area contributed by atoms with Gasteiger partial charge in [0.25, 0.3) is 5.69 Å². The van der Waals surface area contributed by atoms with Gasteiger partial charge < -0.3 is 5.32 Å². The Morgan fingerprint density at radius 3 is 2.48 bits per heavy atom. The first-order chi connectivity index (χ1) is 14.0. The van der Waals surface area contributed by atoms with Gasteiger partial charge in [0.05, 0.1) is 16.0 Å². The van der Waals surface area contributed by atoms with Gasteiger partial charge in [-0.3, -0.25) is 10.1 Å². The highest BCUT2D eigenvalue weighted by molar-refractivity contribution is 7.99. The van der Waals surface area contributed by atoms with Crippen molar-refractivity contribution in [2.45, 2.75) is 9.79 Å². The van der Waals surface area contributed by atoms with Crippen LogP contribution in [0.15, 0.2) is 87.7 Å². The summed E-state index contributed by atoms with van der Waals surface area (Å²) >= 11 is 7.13. The molecule has 0 aliphatic carbocycles. The molecule has 0 aliphatic rings. The monoisotopic (exact) mass is 426 g/mol. The lowest BCUT2D eigenvalue weighted by Crippen LogP contribution is -2.24. The smallest absolute Gasteiger partial charge is 0.307 e. The molecule has 29 heavy (non-hydrogen) atoms. The van der Waals surface area contributed by atoms with E-state index in [1.54, 1.807) is 60.7 Å². The summed E-state index contributed by atoms with van der Waals surface area (Å²) in [5.41, 5.74) is 3.37. The zero-order valence-electron chi connectivity index (χ0n) is 14.9. The molecule has 0 fully saturated rings. The van der Waals surface area contributed by atoms with Gasteiger partial charge in [-0.05, 0) is 42.5 Å². The van der Waals surface area contributed by atoms with Crippen molar-refractivity contribution in [3.05, 3.63) is 93.5 Å². The molecule has 0 saturated carbocycles. The Hall–Kier alpha value is -3.36. The SMILES string of the molecule is O=C(NN=Cc1ccc(Sc2ccc(Cl)cc2)c([N+](=O)[O-])c1)Nc1ccccc1. The number of amides is 2. The van der Waals surface area contributed by atoms with Crippen molar-refractivity contribution in [1.82, 2.24) is 5.43 Å². The first-order valence-corrected chi connectivity index (χ1v) is 9.58. The highest BCUT2D eigenvalue weighted by Gasteiger charge is 2.15. The van der Waals surface area contributed by atoms with Crippen LogP contribution in [0.1, 0.15) is 5.56 Å². The average Bonchev–Trinajstić information content (AvgIpc) is 2.71. The molecule has 0 spiro atoms. The molecule has 146 valence electrons.